The maximum atomic E-state index is 13.3. The number of aromatic nitrogens is 4. The number of hydrogen-bond acceptors (Lipinski definition) is 4. The van der Waals surface area contributed by atoms with Crippen molar-refractivity contribution in [2.45, 2.75) is 6.54 Å². The lowest BCUT2D eigenvalue weighted by Crippen LogP contribution is -2.06. The Balaban J connectivity index is 2.07. The zero-order chi connectivity index (χ0) is 15.5. The van der Waals surface area contributed by atoms with Gasteiger partial charge in [-0.3, -0.25) is 4.98 Å². The van der Waals surface area contributed by atoms with Crippen LogP contribution in [-0.2, 0) is 6.54 Å². The van der Waals surface area contributed by atoms with Crippen LogP contribution in [0.1, 0.15) is 16.1 Å². The van der Waals surface area contributed by atoms with Crippen LogP contribution in [-0.4, -0.2) is 31.1 Å². The van der Waals surface area contributed by atoms with Crippen molar-refractivity contribution in [3.63, 3.8) is 0 Å². The van der Waals surface area contributed by atoms with Crippen molar-refractivity contribution in [2.24, 2.45) is 0 Å². The number of nitrogens with zero attached hydrogens (tertiary/aromatic N) is 4. The number of pyridine rings is 1. The standard InChI is InChI=1S/C15H11FN4O2/c16-12-5-1-3-10(7-12)9-20-14(11-4-2-6-17-8-11)13(15(21)22)18-19-20/h1-8H,9H2,(H,21,22). The smallest absolute Gasteiger partial charge is 0.358 e. The maximum Gasteiger partial charge on any atom is 0.358 e. The van der Waals surface area contributed by atoms with Gasteiger partial charge in [0.15, 0.2) is 5.69 Å². The number of hydrogen-bond donors (Lipinski definition) is 1. The van der Waals surface area contributed by atoms with Crippen LogP contribution in [0.2, 0.25) is 0 Å². The van der Waals surface area contributed by atoms with Crippen molar-refractivity contribution < 1.29 is 14.3 Å². The quantitative estimate of drug-likeness (QED) is 0.798. The predicted octanol–water partition coefficient (Wildman–Crippen LogP) is 2.23. The summed E-state index contributed by atoms with van der Waals surface area (Å²) in [5.74, 6) is -1.54. The molecule has 0 bridgehead atoms. The Bertz CT molecular complexity index is 817. The molecule has 0 fully saturated rings. The molecule has 2 heterocycles. The summed E-state index contributed by atoms with van der Waals surface area (Å²) in [5, 5.41) is 16.8. The second kappa shape index (κ2) is 5.72. The normalized spacial score (nSPS) is 10.6. The summed E-state index contributed by atoms with van der Waals surface area (Å²) in [6.45, 7) is 0.211. The molecular weight excluding hydrogens is 287 g/mol. The summed E-state index contributed by atoms with van der Waals surface area (Å²) in [6.07, 6.45) is 3.12. The molecular formula is C15H11FN4O2. The van der Waals surface area contributed by atoms with Crippen LogP contribution in [0.4, 0.5) is 4.39 Å². The maximum absolute atomic E-state index is 13.3. The lowest BCUT2D eigenvalue weighted by atomic mass is 10.1. The van der Waals surface area contributed by atoms with Gasteiger partial charge in [0.1, 0.15) is 11.5 Å². The van der Waals surface area contributed by atoms with Crippen LogP contribution in [0.3, 0.4) is 0 Å². The van der Waals surface area contributed by atoms with Crippen molar-refractivity contribution in [1.29, 1.82) is 0 Å². The van der Waals surface area contributed by atoms with Crippen LogP contribution in [0.5, 0.6) is 0 Å². The highest BCUT2D eigenvalue weighted by molar-refractivity contribution is 5.92. The molecule has 1 N–H and O–H groups in total. The highest BCUT2D eigenvalue weighted by atomic mass is 19.1. The molecule has 22 heavy (non-hydrogen) atoms. The Morgan fingerprint density at radius 3 is 2.82 bits per heavy atom. The SMILES string of the molecule is O=C(O)c1nnn(Cc2cccc(F)c2)c1-c1cccnc1. The van der Waals surface area contributed by atoms with Gasteiger partial charge < -0.3 is 5.11 Å². The predicted molar refractivity (Wildman–Crippen MR) is 75.7 cm³/mol. The monoisotopic (exact) mass is 298 g/mol. The van der Waals surface area contributed by atoms with Gasteiger partial charge in [-0.15, -0.1) is 5.10 Å². The molecule has 110 valence electrons. The van der Waals surface area contributed by atoms with E-state index in [9.17, 15) is 14.3 Å². The molecule has 0 atom stereocenters. The molecule has 1 aromatic carbocycles. The lowest BCUT2D eigenvalue weighted by molar-refractivity contribution is 0.0691. The van der Waals surface area contributed by atoms with Crippen LogP contribution < -0.4 is 0 Å². The number of carboxylic acid groups (broad SMARTS) is 1. The summed E-state index contributed by atoms with van der Waals surface area (Å²) >= 11 is 0. The zero-order valence-corrected chi connectivity index (χ0v) is 11.3. The lowest BCUT2D eigenvalue weighted by Gasteiger charge is -2.07. The minimum absolute atomic E-state index is 0.163. The van der Waals surface area contributed by atoms with E-state index in [0.29, 0.717) is 16.8 Å². The minimum atomic E-state index is -1.18. The van der Waals surface area contributed by atoms with Gasteiger partial charge in [-0.2, -0.15) is 0 Å². The van der Waals surface area contributed by atoms with E-state index in [-0.39, 0.29) is 18.1 Å². The van der Waals surface area contributed by atoms with Gasteiger partial charge in [0.05, 0.1) is 6.54 Å². The molecule has 3 aromatic rings. The average molecular weight is 298 g/mol. The second-order valence-corrected chi connectivity index (χ2v) is 4.62. The van der Waals surface area contributed by atoms with Crippen molar-refractivity contribution in [2.75, 3.05) is 0 Å². The Hall–Kier alpha value is -3.09. The van der Waals surface area contributed by atoms with E-state index in [0.717, 1.165) is 0 Å². The van der Waals surface area contributed by atoms with Crippen molar-refractivity contribution >= 4 is 5.97 Å². The van der Waals surface area contributed by atoms with Crippen LogP contribution in [0.25, 0.3) is 11.3 Å². The van der Waals surface area contributed by atoms with Gasteiger partial charge in [-0.1, -0.05) is 17.3 Å². The fourth-order valence-corrected chi connectivity index (χ4v) is 2.16. The van der Waals surface area contributed by atoms with Gasteiger partial charge in [-0.25, -0.2) is 13.9 Å². The molecule has 0 saturated carbocycles. The first-order chi connectivity index (χ1) is 10.6. The molecule has 2 aromatic heterocycles. The fraction of sp³-hybridized carbons (Fsp3) is 0.0667. The van der Waals surface area contributed by atoms with E-state index in [4.69, 9.17) is 0 Å². The number of rotatable bonds is 4. The van der Waals surface area contributed by atoms with Gasteiger partial charge in [0.25, 0.3) is 0 Å². The van der Waals surface area contributed by atoms with Crippen molar-refractivity contribution in [3.05, 3.63) is 65.9 Å². The largest absolute Gasteiger partial charge is 0.476 e. The third-order valence-corrected chi connectivity index (χ3v) is 3.09. The molecule has 0 aliphatic heterocycles. The summed E-state index contributed by atoms with van der Waals surface area (Å²) < 4.78 is 14.7. The Labute approximate surface area is 124 Å². The molecule has 0 radical (unpaired) electrons. The third-order valence-electron chi connectivity index (χ3n) is 3.09. The van der Waals surface area contributed by atoms with E-state index in [1.54, 1.807) is 30.5 Å². The summed E-state index contributed by atoms with van der Waals surface area (Å²) in [4.78, 5) is 15.3. The van der Waals surface area contributed by atoms with Gasteiger partial charge >= 0.3 is 5.97 Å². The van der Waals surface area contributed by atoms with Gasteiger partial charge in [0.2, 0.25) is 0 Å². The van der Waals surface area contributed by atoms with Gasteiger partial charge in [0, 0.05) is 18.0 Å². The number of aromatic carboxylic acids is 1. The molecule has 0 amide bonds. The second-order valence-electron chi connectivity index (χ2n) is 4.62. The summed E-state index contributed by atoms with van der Waals surface area (Å²) in [5.41, 5.74) is 1.42. The molecule has 0 unspecified atom stereocenters. The van der Waals surface area contributed by atoms with Crippen LogP contribution in [0, 0.1) is 5.82 Å². The topological polar surface area (TPSA) is 80.9 Å². The van der Waals surface area contributed by atoms with Crippen molar-refractivity contribution in [3.8, 4) is 11.3 Å². The molecule has 0 aliphatic carbocycles. The zero-order valence-electron chi connectivity index (χ0n) is 11.3. The van der Waals surface area contributed by atoms with E-state index in [1.807, 2.05) is 0 Å². The van der Waals surface area contributed by atoms with Crippen LogP contribution >= 0.6 is 0 Å². The highest BCUT2D eigenvalue weighted by Gasteiger charge is 2.20. The molecule has 3 rings (SSSR count). The first-order valence-corrected chi connectivity index (χ1v) is 6.47. The van der Waals surface area contributed by atoms with Gasteiger partial charge in [-0.05, 0) is 29.8 Å². The van der Waals surface area contributed by atoms with E-state index >= 15 is 0 Å². The number of carbonyl (C=O) groups is 1. The summed E-state index contributed by atoms with van der Waals surface area (Å²) in [6, 6.07) is 9.45. The Morgan fingerprint density at radius 1 is 1.27 bits per heavy atom. The Kier molecular flexibility index (Phi) is 3.61. The molecule has 6 nitrogen and oxygen atoms in total. The fourth-order valence-electron chi connectivity index (χ4n) is 2.16. The molecule has 0 spiro atoms. The van der Waals surface area contributed by atoms with Crippen molar-refractivity contribution in [1.82, 2.24) is 20.0 Å². The van der Waals surface area contributed by atoms with Crippen LogP contribution in [0.15, 0.2) is 48.8 Å². The molecule has 7 heteroatoms. The molecule has 0 saturated heterocycles. The van der Waals surface area contributed by atoms with E-state index in [2.05, 4.69) is 15.3 Å². The molecule has 0 aliphatic rings. The first-order valence-electron chi connectivity index (χ1n) is 6.47. The number of halogens is 1. The Morgan fingerprint density at radius 2 is 2.14 bits per heavy atom. The first kappa shape index (κ1) is 13.9. The average Bonchev–Trinajstić information content (AvgIpc) is 2.92. The number of benzene rings is 1. The highest BCUT2D eigenvalue weighted by Crippen LogP contribution is 2.22. The third kappa shape index (κ3) is 2.69. The minimum Gasteiger partial charge on any atom is -0.476 e. The summed E-state index contributed by atoms with van der Waals surface area (Å²) in [7, 11) is 0. The van der Waals surface area contributed by atoms with E-state index in [1.165, 1.54) is 23.0 Å². The number of carboxylic acids is 1. The van der Waals surface area contributed by atoms with E-state index < -0.39 is 5.97 Å².